The molecule has 0 saturated carbocycles. The summed E-state index contributed by atoms with van der Waals surface area (Å²) in [6.07, 6.45) is 5.61. The zero-order chi connectivity index (χ0) is 17.1. The molecule has 128 valence electrons. The standard InChI is InChI=1S/C19H26N4O/c1-14-5-4-6-17(15(14)2)21-19(24)16-7-10-23(11-8-16)13-18-20-9-12-22(18)3/h4-6,9,12,16H,7-8,10-11,13H2,1-3H3,(H,21,24). The zero-order valence-corrected chi connectivity index (χ0v) is 14.7. The topological polar surface area (TPSA) is 50.2 Å². The minimum absolute atomic E-state index is 0.0996. The molecule has 5 heteroatoms. The number of aryl methyl sites for hydroxylation is 2. The smallest absolute Gasteiger partial charge is 0.227 e. The Hall–Kier alpha value is -2.14. The molecule has 1 aliphatic rings. The lowest BCUT2D eigenvalue weighted by molar-refractivity contribution is -0.121. The van der Waals surface area contributed by atoms with Gasteiger partial charge in [0, 0.05) is 31.0 Å². The Labute approximate surface area is 143 Å². The van der Waals surface area contributed by atoms with Crippen LogP contribution in [0.5, 0.6) is 0 Å². The van der Waals surface area contributed by atoms with Crippen LogP contribution in [0.4, 0.5) is 5.69 Å². The van der Waals surface area contributed by atoms with Gasteiger partial charge in [0.2, 0.25) is 5.91 Å². The third-order valence-corrected chi connectivity index (χ3v) is 5.11. The summed E-state index contributed by atoms with van der Waals surface area (Å²) < 4.78 is 2.05. The molecule has 0 bridgehead atoms. The molecule has 24 heavy (non-hydrogen) atoms. The van der Waals surface area contributed by atoms with Crippen molar-refractivity contribution in [2.24, 2.45) is 13.0 Å². The van der Waals surface area contributed by atoms with Gasteiger partial charge >= 0.3 is 0 Å². The number of aromatic nitrogens is 2. The van der Waals surface area contributed by atoms with E-state index in [0.717, 1.165) is 49.6 Å². The van der Waals surface area contributed by atoms with Gasteiger partial charge in [0.1, 0.15) is 5.82 Å². The van der Waals surface area contributed by atoms with Crippen LogP contribution in [0.25, 0.3) is 0 Å². The summed E-state index contributed by atoms with van der Waals surface area (Å²) in [6, 6.07) is 6.05. The molecule has 1 fully saturated rings. The minimum Gasteiger partial charge on any atom is -0.337 e. The van der Waals surface area contributed by atoms with Gasteiger partial charge in [0.15, 0.2) is 0 Å². The molecule has 5 nitrogen and oxygen atoms in total. The highest BCUT2D eigenvalue weighted by molar-refractivity contribution is 5.93. The van der Waals surface area contributed by atoms with Crippen molar-refractivity contribution in [2.45, 2.75) is 33.2 Å². The first-order valence-electron chi connectivity index (χ1n) is 8.60. The van der Waals surface area contributed by atoms with Gasteiger partial charge in [-0.15, -0.1) is 0 Å². The Morgan fingerprint density at radius 2 is 2.04 bits per heavy atom. The van der Waals surface area contributed by atoms with E-state index in [2.05, 4.69) is 39.7 Å². The highest BCUT2D eigenvalue weighted by Gasteiger charge is 2.25. The number of piperidine rings is 1. The SMILES string of the molecule is Cc1cccc(NC(=O)C2CCN(Cc3nccn3C)CC2)c1C. The predicted molar refractivity (Wildman–Crippen MR) is 95.8 cm³/mol. The van der Waals surface area contributed by atoms with Crippen molar-refractivity contribution in [3.8, 4) is 0 Å². The van der Waals surface area contributed by atoms with Crippen LogP contribution in [0.3, 0.4) is 0 Å². The molecule has 0 unspecified atom stereocenters. The number of anilines is 1. The van der Waals surface area contributed by atoms with Gasteiger partial charge in [-0.3, -0.25) is 9.69 Å². The largest absolute Gasteiger partial charge is 0.337 e. The average Bonchev–Trinajstić information content (AvgIpc) is 2.97. The average molecular weight is 326 g/mol. The third kappa shape index (κ3) is 3.67. The number of imidazole rings is 1. The predicted octanol–water partition coefficient (Wildman–Crippen LogP) is 2.89. The van der Waals surface area contributed by atoms with Crippen LogP contribution in [0, 0.1) is 19.8 Å². The van der Waals surface area contributed by atoms with Gasteiger partial charge in [-0.2, -0.15) is 0 Å². The quantitative estimate of drug-likeness (QED) is 0.940. The molecule has 2 aromatic rings. The van der Waals surface area contributed by atoms with Crippen molar-refractivity contribution >= 4 is 11.6 Å². The molecule has 1 aromatic heterocycles. The fourth-order valence-electron chi connectivity index (χ4n) is 3.22. The number of hydrogen-bond donors (Lipinski definition) is 1. The molecule has 0 atom stereocenters. The lowest BCUT2D eigenvalue weighted by Crippen LogP contribution is -2.38. The summed E-state index contributed by atoms with van der Waals surface area (Å²) in [7, 11) is 2.02. The molecule has 0 spiro atoms. The van der Waals surface area contributed by atoms with Gasteiger partial charge in [-0.05, 0) is 57.0 Å². The van der Waals surface area contributed by atoms with E-state index in [0.29, 0.717) is 0 Å². The van der Waals surface area contributed by atoms with Crippen LogP contribution >= 0.6 is 0 Å². The summed E-state index contributed by atoms with van der Waals surface area (Å²) in [5, 5.41) is 3.12. The minimum atomic E-state index is 0.0996. The molecular formula is C19H26N4O. The fraction of sp³-hybridized carbons (Fsp3) is 0.474. The molecule has 1 amide bonds. The summed E-state index contributed by atoms with van der Waals surface area (Å²) >= 11 is 0. The summed E-state index contributed by atoms with van der Waals surface area (Å²) in [4.78, 5) is 19.3. The number of hydrogen-bond acceptors (Lipinski definition) is 3. The van der Waals surface area contributed by atoms with Gasteiger partial charge in [-0.25, -0.2) is 4.98 Å². The maximum atomic E-state index is 12.6. The summed E-state index contributed by atoms with van der Waals surface area (Å²) in [6.45, 7) is 6.87. The van der Waals surface area contributed by atoms with Crippen molar-refractivity contribution in [2.75, 3.05) is 18.4 Å². The lowest BCUT2D eigenvalue weighted by atomic mass is 9.95. The normalized spacial score (nSPS) is 16.3. The van der Waals surface area contributed by atoms with Crippen molar-refractivity contribution in [1.29, 1.82) is 0 Å². The van der Waals surface area contributed by atoms with Crippen molar-refractivity contribution in [1.82, 2.24) is 14.5 Å². The Morgan fingerprint density at radius 3 is 2.71 bits per heavy atom. The molecule has 0 aliphatic carbocycles. The van der Waals surface area contributed by atoms with Crippen molar-refractivity contribution in [3.05, 3.63) is 47.5 Å². The number of carbonyl (C=O) groups excluding carboxylic acids is 1. The number of likely N-dealkylation sites (tertiary alicyclic amines) is 1. The monoisotopic (exact) mass is 326 g/mol. The highest BCUT2D eigenvalue weighted by Crippen LogP contribution is 2.23. The van der Waals surface area contributed by atoms with E-state index in [1.807, 2.05) is 31.6 Å². The van der Waals surface area contributed by atoms with E-state index in [9.17, 15) is 4.79 Å². The van der Waals surface area contributed by atoms with Crippen LogP contribution in [0.2, 0.25) is 0 Å². The number of nitrogens with one attached hydrogen (secondary N) is 1. The zero-order valence-electron chi connectivity index (χ0n) is 14.7. The van der Waals surface area contributed by atoms with Gasteiger partial charge in [0.25, 0.3) is 0 Å². The van der Waals surface area contributed by atoms with Crippen LogP contribution in [-0.2, 0) is 18.4 Å². The number of carbonyl (C=O) groups is 1. The van der Waals surface area contributed by atoms with Crippen LogP contribution in [-0.4, -0.2) is 33.4 Å². The molecule has 0 radical (unpaired) electrons. The Morgan fingerprint density at radius 1 is 1.29 bits per heavy atom. The second-order valence-corrected chi connectivity index (χ2v) is 6.74. The fourth-order valence-corrected chi connectivity index (χ4v) is 3.22. The second-order valence-electron chi connectivity index (χ2n) is 6.74. The van der Waals surface area contributed by atoms with Gasteiger partial charge < -0.3 is 9.88 Å². The van der Waals surface area contributed by atoms with Crippen LogP contribution in [0.15, 0.2) is 30.6 Å². The molecular weight excluding hydrogens is 300 g/mol. The summed E-state index contributed by atoms with van der Waals surface area (Å²) in [5.41, 5.74) is 3.30. The molecule has 1 N–H and O–H groups in total. The Kier molecular flexibility index (Phi) is 5.00. The third-order valence-electron chi connectivity index (χ3n) is 5.11. The molecule has 1 aliphatic heterocycles. The van der Waals surface area contributed by atoms with E-state index in [4.69, 9.17) is 0 Å². The molecule has 1 saturated heterocycles. The lowest BCUT2D eigenvalue weighted by Gasteiger charge is -2.31. The Balaban J connectivity index is 1.53. The van der Waals surface area contributed by atoms with Gasteiger partial charge in [-0.1, -0.05) is 12.1 Å². The van der Waals surface area contributed by atoms with Crippen molar-refractivity contribution < 1.29 is 4.79 Å². The first-order valence-corrected chi connectivity index (χ1v) is 8.60. The molecule has 1 aromatic carbocycles. The number of rotatable bonds is 4. The van der Waals surface area contributed by atoms with Crippen LogP contribution < -0.4 is 5.32 Å². The highest BCUT2D eigenvalue weighted by atomic mass is 16.1. The van der Waals surface area contributed by atoms with Gasteiger partial charge in [0.05, 0.1) is 6.54 Å². The van der Waals surface area contributed by atoms with E-state index in [-0.39, 0.29) is 11.8 Å². The molecule has 2 heterocycles. The van der Waals surface area contributed by atoms with Crippen LogP contribution in [0.1, 0.15) is 29.8 Å². The first kappa shape index (κ1) is 16.7. The number of benzene rings is 1. The Bertz CT molecular complexity index is 714. The maximum absolute atomic E-state index is 12.6. The maximum Gasteiger partial charge on any atom is 0.227 e. The second kappa shape index (κ2) is 7.18. The van der Waals surface area contributed by atoms with E-state index in [1.165, 1.54) is 5.56 Å². The van der Waals surface area contributed by atoms with E-state index in [1.54, 1.807) is 0 Å². The first-order chi connectivity index (χ1) is 11.5. The summed E-state index contributed by atoms with van der Waals surface area (Å²) in [5.74, 6) is 1.33. The number of nitrogens with zero attached hydrogens (tertiary/aromatic N) is 3. The van der Waals surface area contributed by atoms with E-state index < -0.39 is 0 Å². The van der Waals surface area contributed by atoms with E-state index >= 15 is 0 Å². The van der Waals surface area contributed by atoms with Crippen molar-refractivity contribution in [3.63, 3.8) is 0 Å². The number of amides is 1. The molecule has 3 rings (SSSR count).